The summed E-state index contributed by atoms with van der Waals surface area (Å²) in [6.45, 7) is 1.88. The summed E-state index contributed by atoms with van der Waals surface area (Å²) < 4.78 is 0. The largest absolute Gasteiger partial charge is 0.322 e. The van der Waals surface area contributed by atoms with Crippen molar-refractivity contribution in [1.29, 1.82) is 0 Å². The number of carbonyl (C=O) groups is 3. The predicted molar refractivity (Wildman–Crippen MR) is 135 cm³/mol. The number of aryl methyl sites for hydroxylation is 1. The van der Waals surface area contributed by atoms with Crippen LogP contribution in [0.1, 0.15) is 40.2 Å². The van der Waals surface area contributed by atoms with E-state index < -0.39 is 0 Å². The zero-order valence-electron chi connectivity index (χ0n) is 19.3. The standard InChI is InChI=1S/C29H25ClN2O3/c1-16-11-12-19(30)15-23(16)31-27(33)20-9-5-6-10-24(20)32-28(34)25-18-13-21(17-7-3-2-4-8-17)22(14-18)26(25)29(32)35/h2-12,15,18,21-22,25-26H,13-14H2,1H3,(H,31,33)/t18-,21+,22+,25+,26-/m0/s1. The zero-order chi connectivity index (χ0) is 24.3. The lowest BCUT2D eigenvalue weighted by atomic mass is 9.73. The third-order valence-electron chi connectivity index (χ3n) is 8.08. The number of hydrogen-bond acceptors (Lipinski definition) is 3. The molecule has 35 heavy (non-hydrogen) atoms. The van der Waals surface area contributed by atoms with Gasteiger partial charge in [-0.3, -0.25) is 14.4 Å². The van der Waals surface area contributed by atoms with Gasteiger partial charge in [0.1, 0.15) is 0 Å². The SMILES string of the molecule is Cc1ccc(Cl)cc1NC(=O)c1ccccc1N1C(=O)[C@@H]2[C@@H]3C[C@@H]([C@@H]2C1=O)[C@@H](c1ccccc1)C3. The lowest BCUT2D eigenvalue weighted by molar-refractivity contribution is -0.123. The molecule has 1 saturated heterocycles. The highest BCUT2D eigenvalue weighted by molar-refractivity contribution is 6.31. The van der Waals surface area contributed by atoms with E-state index in [1.165, 1.54) is 10.5 Å². The van der Waals surface area contributed by atoms with Crippen molar-refractivity contribution in [2.45, 2.75) is 25.7 Å². The van der Waals surface area contributed by atoms with E-state index in [9.17, 15) is 14.4 Å². The molecule has 3 aromatic rings. The quantitative estimate of drug-likeness (QED) is 0.474. The van der Waals surface area contributed by atoms with E-state index in [4.69, 9.17) is 11.6 Å². The van der Waals surface area contributed by atoms with Gasteiger partial charge in [0.05, 0.1) is 23.1 Å². The normalized spacial score (nSPS) is 26.8. The summed E-state index contributed by atoms with van der Waals surface area (Å²) in [5, 5.41) is 3.41. The van der Waals surface area contributed by atoms with Gasteiger partial charge in [-0.1, -0.05) is 60.1 Å². The Balaban J connectivity index is 1.31. The second-order valence-corrected chi connectivity index (χ2v) is 10.3. The maximum absolute atomic E-state index is 13.8. The van der Waals surface area contributed by atoms with E-state index in [0.29, 0.717) is 27.9 Å². The number of anilines is 2. The Hall–Kier alpha value is -3.44. The first kappa shape index (κ1) is 22.1. The van der Waals surface area contributed by atoms with Crippen molar-refractivity contribution in [3.63, 3.8) is 0 Å². The molecule has 176 valence electrons. The fourth-order valence-electron chi connectivity index (χ4n) is 6.56. The molecule has 2 bridgehead atoms. The number of hydrogen-bond donors (Lipinski definition) is 1. The molecular formula is C29H25ClN2O3. The summed E-state index contributed by atoms with van der Waals surface area (Å²) in [5.74, 6) is -0.685. The highest BCUT2D eigenvalue weighted by Gasteiger charge is 2.64. The number of para-hydroxylation sites is 1. The molecule has 5 atom stereocenters. The van der Waals surface area contributed by atoms with Gasteiger partial charge in [0.2, 0.25) is 11.8 Å². The molecule has 2 aliphatic carbocycles. The number of imide groups is 1. The summed E-state index contributed by atoms with van der Waals surface area (Å²) in [6.07, 6.45) is 1.84. The van der Waals surface area contributed by atoms with Crippen LogP contribution in [-0.4, -0.2) is 17.7 Å². The van der Waals surface area contributed by atoms with E-state index in [0.717, 1.165) is 18.4 Å². The fraction of sp³-hybridized carbons (Fsp3) is 0.276. The molecular weight excluding hydrogens is 460 g/mol. The number of amides is 3. The number of nitrogens with zero attached hydrogens (tertiary/aromatic N) is 1. The monoisotopic (exact) mass is 484 g/mol. The van der Waals surface area contributed by atoms with Crippen molar-refractivity contribution in [3.05, 3.63) is 94.5 Å². The molecule has 3 fully saturated rings. The summed E-state index contributed by atoms with van der Waals surface area (Å²) in [5.41, 5.74) is 3.35. The molecule has 2 saturated carbocycles. The molecule has 3 aromatic carbocycles. The van der Waals surface area contributed by atoms with E-state index >= 15 is 0 Å². The highest BCUT2D eigenvalue weighted by Crippen LogP contribution is 2.62. The number of nitrogens with one attached hydrogen (secondary N) is 1. The van der Waals surface area contributed by atoms with Gasteiger partial charge in [0.25, 0.3) is 5.91 Å². The molecule has 1 N–H and O–H groups in total. The molecule has 0 aromatic heterocycles. The van der Waals surface area contributed by atoms with Crippen molar-refractivity contribution < 1.29 is 14.4 Å². The molecule has 0 unspecified atom stereocenters. The lowest BCUT2D eigenvalue weighted by Crippen LogP contribution is -2.34. The van der Waals surface area contributed by atoms with Crippen LogP contribution in [0.4, 0.5) is 11.4 Å². The second-order valence-electron chi connectivity index (χ2n) is 9.91. The van der Waals surface area contributed by atoms with E-state index in [-0.39, 0.29) is 41.4 Å². The molecule has 0 radical (unpaired) electrons. The Bertz CT molecular complexity index is 1360. The van der Waals surface area contributed by atoms with Crippen molar-refractivity contribution in [2.24, 2.45) is 23.7 Å². The fourth-order valence-corrected chi connectivity index (χ4v) is 6.73. The van der Waals surface area contributed by atoms with Crippen LogP contribution in [0.5, 0.6) is 0 Å². The van der Waals surface area contributed by atoms with Gasteiger partial charge in [-0.2, -0.15) is 0 Å². The Kier molecular flexibility index (Phi) is 5.26. The molecule has 1 aliphatic heterocycles. The van der Waals surface area contributed by atoms with Crippen molar-refractivity contribution in [2.75, 3.05) is 10.2 Å². The minimum Gasteiger partial charge on any atom is -0.322 e. The van der Waals surface area contributed by atoms with Gasteiger partial charge < -0.3 is 5.32 Å². The molecule has 3 amide bonds. The number of carbonyl (C=O) groups excluding carboxylic acids is 3. The van der Waals surface area contributed by atoms with Crippen molar-refractivity contribution >= 4 is 40.7 Å². The van der Waals surface area contributed by atoms with E-state index in [1.807, 2.05) is 31.2 Å². The van der Waals surface area contributed by atoms with E-state index in [1.54, 1.807) is 36.4 Å². The molecule has 6 heteroatoms. The molecule has 0 spiro atoms. The van der Waals surface area contributed by atoms with Gasteiger partial charge in [-0.25, -0.2) is 4.90 Å². The first-order valence-electron chi connectivity index (χ1n) is 12.0. The Morgan fingerprint density at radius 2 is 1.63 bits per heavy atom. The van der Waals surface area contributed by atoms with Crippen LogP contribution in [0.2, 0.25) is 5.02 Å². The number of fused-ring (bicyclic) bond motifs is 5. The average molecular weight is 485 g/mol. The van der Waals surface area contributed by atoms with Gasteiger partial charge in [-0.15, -0.1) is 0 Å². The molecule has 5 nitrogen and oxygen atoms in total. The minimum absolute atomic E-state index is 0.156. The van der Waals surface area contributed by atoms with Gasteiger partial charge >= 0.3 is 0 Å². The number of halogens is 1. The first-order chi connectivity index (χ1) is 16.9. The van der Waals surface area contributed by atoms with Crippen LogP contribution in [0.15, 0.2) is 72.8 Å². The smallest absolute Gasteiger partial charge is 0.257 e. The van der Waals surface area contributed by atoms with Crippen molar-refractivity contribution in [3.8, 4) is 0 Å². The molecule has 6 rings (SSSR count). The van der Waals surface area contributed by atoms with Crippen molar-refractivity contribution in [1.82, 2.24) is 0 Å². The van der Waals surface area contributed by atoms with Crippen LogP contribution in [0.25, 0.3) is 0 Å². The highest BCUT2D eigenvalue weighted by atomic mass is 35.5. The summed E-state index contributed by atoms with van der Waals surface area (Å²) in [4.78, 5) is 41.9. The number of benzene rings is 3. The third-order valence-corrected chi connectivity index (χ3v) is 8.32. The molecule has 1 heterocycles. The zero-order valence-corrected chi connectivity index (χ0v) is 20.0. The Morgan fingerprint density at radius 3 is 2.43 bits per heavy atom. The van der Waals surface area contributed by atoms with Gasteiger partial charge in [-0.05, 0) is 72.9 Å². The van der Waals surface area contributed by atoms with Gasteiger partial charge in [0, 0.05) is 10.7 Å². The summed E-state index contributed by atoms with van der Waals surface area (Å²) in [6, 6.07) is 22.4. The second kappa shape index (κ2) is 8.35. The molecule has 3 aliphatic rings. The van der Waals surface area contributed by atoms with Crippen LogP contribution < -0.4 is 10.2 Å². The lowest BCUT2D eigenvalue weighted by Gasteiger charge is -2.28. The third kappa shape index (κ3) is 3.49. The first-order valence-corrected chi connectivity index (χ1v) is 12.4. The Morgan fingerprint density at radius 1 is 0.914 bits per heavy atom. The van der Waals surface area contributed by atoms with Crippen LogP contribution in [-0.2, 0) is 9.59 Å². The van der Waals surface area contributed by atoms with Crippen LogP contribution >= 0.6 is 11.6 Å². The van der Waals surface area contributed by atoms with E-state index in [2.05, 4.69) is 17.4 Å². The van der Waals surface area contributed by atoms with Crippen LogP contribution in [0, 0.1) is 30.6 Å². The summed E-state index contributed by atoms with van der Waals surface area (Å²) >= 11 is 6.11. The number of rotatable bonds is 4. The maximum Gasteiger partial charge on any atom is 0.257 e. The topological polar surface area (TPSA) is 66.5 Å². The predicted octanol–water partition coefficient (Wildman–Crippen LogP) is 5.83. The van der Waals surface area contributed by atoms with Gasteiger partial charge in [0.15, 0.2) is 0 Å². The summed E-state index contributed by atoms with van der Waals surface area (Å²) in [7, 11) is 0. The average Bonchev–Trinajstić information content (AvgIpc) is 3.53. The van der Waals surface area contributed by atoms with Crippen LogP contribution in [0.3, 0.4) is 0 Å². The Labute approximate surface area is 209 Å². The maximum atomic E-state index is 13.8. The minimum atomic E-state index is -0.381.